The molecule has 0 aliphatic carbocycles. The number of carbonyl (C=O) groups excluding carboxylic acids is 2. The molecular weight excluding hydrogens is 438 g/mol. The standard InChI is InChI=1S/C20H19N5O4S2/c1-13-5-2-3-6-16(13)18(27)21-19-22-23-20(30-19)31(28,29)24-14-8-10-15(11-9-14)25-12-4-7-17(25)26/h2-3,5-6,8-11,24H,4,7,12H2,1H3,(H,21,22,27). The van der Waals surface area contributed by atoms with E-state index >= 15 is 0 Å². The first-order valence-electron chi connectivity index (χ1n) is 9.47. The molecule has 0 saturated carbocycles. The molecule has 4 rings (SSSR count). The fraction of sp³-hybridized carbons (Fsp3) is 0.200. The summed E-state index contributed by atoms with van der Waals surface area (Å²) >= 11 is 0.754. The van der Waals surface area contributed by atoms with Crippen LogP contribution in [0.3, 0.4) is 0 Å². The largest absolute Gasteiger partial charge is 0.312 e. The highest BCUT2D eigenvalue weighted by Gasteiger charge is 2.23. The zero-order chi connectivity index (χ0) is 22.0. The maximum Gasteiger partial charge on any atom is 0.291 e. The third-order valence-electron chi connectivity index (χ3n) is 4.75. The van der Waals surface area contributed by atoms with Crippen molar-refractivity contribution in [2.75, 3.05) is 21.5 Å². The summed E-state index contributed by atoms with van der Waals surface area (Å²) < 4.78 is 27.4. The van der Waals surface area contributed by atoms with E-state index in [0.29, 0.717) is 24.2 Å². The van der Waals surface area contributed by atoms with Crippen LogP contribution in [0.15, 0.2) is 52.9 Å². The molecule has 1 aliphatic rings. The molecule has 1 saturated heterocycles. The second-order valence-corrected chi connectivity index (χ2v) is 9.78. The van der Waals surface area contributed by atoms with E-state index < -0.39 is 15.9 Å². The lowest BCUT2D eigenvalue weighted by molar-refractivity contribution is -0.117. The Morgan fingerprint density at radius 3 is 2.52 bits per heavy atom. The summed E-state index contributed by atoms with van der Waals surface area (Å²) in [6.07, 6.45) is 1.33. The topological polar surface area (TPSA) is 121 Å². The zero-order valence-electron chi connectivity index (χ0n) is 16.5. The van der Waals surface area contributed by atoms with Crippen LogP contribution < -0.4 is 14.9 Å². The average molecular weight is 458 g/mol. The van der Waals surface area contributed by atoms with Gasteiger partial charge in [0.15, 0.2) is 0 Å². The lowest BCUT2D eigenvalue weighted by Gasteiger charge is -2.16. The number of anilines is 3. The number of rotatable bonds is 6. The number of nitrogens with one attached hydrogen (secondary N) is 2. The van der Waals surface area contributed by atoms with Gasteiger partial charge in [-0.05, 0) is 49.2 Å². The first-order chi connectivity index (χ1) is 14.8. The average Bonchev–Trinajstić information content (AvgIpc) is 3.38. The van der Waals surface area contributed by atoms with Gasteiger partial charge in [0.1, 0.15) is 0 Å². The lowest BCUT2D eigenvalue weighted by atomic mass is 10.1. The lowest BCUT2D eigenvalue weighted by Crippen LogP contribution is -2.23. The van der Waals surface area contributed by atoms with Gasteiger partial charge in [0, 0.05) is 29.9 Å². The molecule has 0 spiro atoms. The van der Waals surface area contributed by atoms with Gasteiger partial charge in [0.05, 0.1) is 0 Å². The Labute approximate surface area is 183 Å². The SMILES string of the molecule is Cc1ccccc1C(=O)Nc1nnc(S(=O)(=O)Nc2ccc(N3CCCC3=O)cc2)s1. The van der Waals surface area contributed by atoms with Gasteiger partial charge in [0.25, 0.3) is 20.3 Å². The number of nitrogens with zero attached hydrogens (tertiary/aromatic N) is 3. The molecule has 2 heterocycles. The van der Waals surface area contributed by atoms with E-state index in [2.05, 4.69) is 20.2 Å². The number of sulfonamides is 1. The monoisotopic (exact) mass is 457 g/mol. The van der Waals surface area contributed by atoms with Crippen molar-refractivity contribution in [3.63, 3.8) is 0 Å². The number of hydrogen-bond donors (Lipinski definition) is 2. The van der Waals surface area contributed by atoms with Gasteiger partial charge in [-0.2, -0.15) is 8.42 Å². The van der Waals surface area contributed by atoms with Crippen LogP contribution in [0.1, 0.15) is 28.8 Å². The number of amides is 2. The summed E-state index contributed by atoms with van der Waals surface area (Å²) in [5, 5.41) is 10.1. The van der Waals surface area contributed by atoms with Crippen LogP contribution in [0.4, 0.5) is 16.5 Å². The molecule has 1 aliphatic heterocycles. The van der Waals surface area contributed by atoms with Crippen LogP contribution in [-0.2, 0) is 14.8 Å². The fourth-order valence-electron chi connectivity index (χ4n) is 3.19. The maximum atomic E-state index is 12.6. The Hall–Kier alpha value is -3.31. The number of aromatic nitrogens is 2. The van der Waals surface area contributed by atoms with Crippen molar-refractivity contribution in [2.45, 2.75) is 24.1 Å². The molecule has 9 nitrogen and oxygen atoms in total. The van der Waals surface area contributed by atoms with Gasteiger partial charge >= 0.3 is 0 Å². The third kappa shape index (κ3) is 4.57. The zero-order valence-corrected chi connectivity index (χ0v) is 18.2. The van der Waals surface area contributed by atoms with E-state index in [1.807, 2.05) is 6.07 Å². The highest BCUT2D eigenvalue weighted by Crippen LogP contribution is 2.26. The Kier molecular flexibility index (Phi) is 5.70. The van der Waals surface area contributed by atoms with Gasteiger partial charge in [-0.15, -0.1) is 10.2 Å². The van der Waals surface area contributed by atoms with Crippen LogP contribution >= 0.6 is 11.3 Å². The summed E-state index contributed by atoms with van der Waals surface area (Å²) in [4.78, 5) is 25.9. The second kappa shape index (κ2) is 8.44. The Bertz CT molecular complexity index is 1240. The highest BCUT2D eigenvalue weighted by molar-refractivity contribution is 7.94. The highest BCUT2D eigenvalue weighted by atomic mass is 32.2. The van der Waals surface area contributed by atoms with Crippen molar-refractivity contribution in [1.29, 1.82) is 0 Å². The Morgan fingerprint density at radius 1 is 1.10 bits per heavy atom. The van der Waals surface area contributed by atoms with E-state index in [9.17, 15) is 18.0 Å². The summed E-state index contributed by atoms with van der Waals surface area (Å²) in [6, 6.07) is 13.6. The molecule has 2 amide bonds. The van der Waals surface area contributed by atoms with Crippen molar-refractivity contribution < 1.29 is 18.0 Å². The molecule has 1 aromatic heterocycles. The quantitative estimate of drug-likeness (QED) is 0.549. The van der Waals surface area contributed by atoms with Crippen molar-refractivity contribution in [1.82, 2.24) is 10.2 Å². The van der Waals surface area contributed by atoms with Crippen molar-refractivity contribution in [3.8, 4) is 0 Å². The number of aryl methyl sites for hydroxylation is 1. The Balaban J connectivity index is 1.45. The van der Waals surface area contributed by atoms with Gasteiger partial charge in [0.2, 0.25) is 11.0 Å². The molecule has 0 unspecified atom stereocenters. The van der Waals surface area contributed by atoms with Gasteiger partial charge in [-0.3, -0.25) is 19.6 Å². The van der Waals surface area contributed by atoms with Crippen LogP contribution in [-0.4, -0.2) is 37.0 Å². The molecule has 31 heavy (non-hydrogen) atoms. The maximum absolute atomic E-state index is 12.6. The summed E-state index contributed by atoms with van der Waals surface area (Å²) in [5.41, 5.74) is 2.31. The predicted molar refractivity (Wildman–Crippen MR) is 118 cm³/mol. The molecule has 2 N–H and O–H groups in total. The normalized spacial score (nSPS) is 14.0. The van der Waals surface area contributed by atoms with E-state index in [-0.39, 0.29) is 15.4 Å². The molecule has 0 bridgehead atoms. The first-order valence-corrected chi connectivity index (χ1v) is 11.8. The molecule has 3 aromatic rings. The summed E-state index contributed by atoms with van der Waals surface area (Å²) in [5.74, 6) is -0.333. The molecule has 160 valence electrons. The Morgan fingerprint density at radius 2 is 1.84 bits per heavy atom. The van der Waals surface area contributed by atoms with Crippen molar-refractivity contribution >= 4 is 49.7 Å². The van der Waals surface area contributed by atoms with E-state index in [1.54, 1.807) is 54.3 Å². The minimum absolute atomic E-state index is 0.0578. The number of carbonyl (C=O) groups is 2. The van der Waals surface area contributed by atoms with E-state index in [4.69, 9.17) is 0 Å². The molecule has 2 aromatic carbocycles. The van der Waals surface area contributed by atoms with Crippen LogP contribution in [0.2, 0.25) is 0 Å². The van der Waals surface area contributed by atoms with Crippen LogP contribution in [0.5, 0.6) is 0 Å². The van der Waals surface area contributed by atoms with Gasteiger partial charge in [-0.25, -0.2) is 0 Å². The second-order valence-electron chi connectivity index (χ2n) is 6.94. The molecule has 0 atom stereocenters. The van der Waals surface area contributed by atoms with Gasteiger partial charge in [-0.1, -0.05) is 29.5 Å². The number of benzene rings is 2. The minimum Gasteiger partial charge on any atom is -0.312 e. The minimum atomic E-state index is -3.98. The van der Waals surface area contributed by atoms with E-state index in [0.717, 1.165) is 29.0 Å². The molecule has 0 radical (unpaired) electrons. The third-order valence-corrected chi connectivity index (χ3v) is 7.34. The molecule has 1 fully saturated rings. The fourth-order valence-corrected chi connectivity index (χ4v) is 5.15. The first kappa shape index (κ1) is 20.9. The van der Waals surface area contributed by atoms with Crippen molar-refractivity contribution in [2.24, 2.45) is 0 Å². The summed E-state index contributed by atoms with van der Waals surface area (Å²) in [7, 11) is -3.98. The predicted octanol–water partition coefficient (Wildman–Crippen LogP) is 3.03. The summed E-state index contributed by atoms with van der Waals surface area (Å²) in [6.45, 7) is 2.46. The van der Waals surface area contributed by atoms with Crippen LogP contribution in [0.25, 0.3) is 0 Å². The van der Waals surface area contributed by atoms with Crippen molar-refractivity contribution in [3.05, 3.63) is 59.7 Å². The molecule has 11 heteroatoms. The number of hydrogen-bond acceptors (Lipinski definition) is 7. The van der Waals surface area contributed by atoms with Gasteiger partial charge < -0.3 is 4.90 Å². The van der Waals surface area contributed by atoms with E-state index in [1.165, 1.54) is 0 Å². The molecular formula is C20H19N5O4S2. The van der Waals surface area contributed by atoms with Crippen LogP contribution in [0, 0.1) is 6.92 Å². The smallest absolute Gasteiger partial charge is 0.291 e.